The van der Waals surface area contributed by atoms with E-state index in [9.17, 15) is 4.79 Å². The Morgan fingerprint density at radius 1 is 0.940 bits per heavy atom. The van der Waals surface area contributed by atoms with Crippen molar-refractivity contribution in [2.24, 2.45) is 0 Å². The van der Waals surface area contributed by atoms with Crippen LogP contribution in [0.1, 0.15) is 47.1 Å². The number of ether oxygens (including phenoxy) is 4. The van der Waals surface area contributed by atoms with Crippen LogP contribution in [0, 0.1) is 12.7 Å². The van der Waals surface area contributed by atoms with Crippen LogP contribution in [0.4, 0.5) is 14.9 Å². The highest BCUT2D eigenvalue weighted by molar-refractivity contribution is 7.21. The van der Waals surface area contributed by atoms with Crippen LogP contribution < -0.4 is 19.5 Å². The first-order chi connectivity index (χ1) is 23.6. The monoisotopic (exact) mass is 723 g/mol. The molecule has 50 heavy (non-hydrogen) atoms. The Bertz CT molecular complexity index is 1970. The number of rotatable bonds is 13. The van der Waals surface area contributed by atoms with Crippen LogP contribution in [0.2, 0.25) is 18.1 Å². The minimum Gasteiger partial charge on any atom is -0.477 e. The van der Waals surface area contributed by atoms with Crippen LogP contribution in [0.3, 0.4) is 0 Å². The molecule has 1 N–H and O–H groups in total. The zero-order chi connectivity index (χ0) is 36.2. The molecule has 5 rings (SSSR count). The predicted octanol–water partition coefficient (Wildman–Crippen LogP) is 7.74. The van der Waals surface area contributed by atoms with Crippen LogP contribution in [0.5, 0.6) is 17.8 Å². The quantitative estimate of drug-likeness (QED) is 0.118. The number of benzene rings is 1. The van der Waals surface area contributed by atoms with Crippen molar-refractivity contribution in [3.05, 3.63) is 48.2 Å². The third-order valence-electron chi connectivity index (χ3n) is 7.98. The minimum atomic E-state index is -1.93. The lowest BCUT2D eigenvalue weighted by Crippen LogP contribution is -2.44. The summed E-state index contributed by atoms with van der Waals surface area (Å²) < 4.78 is 43.5. The van der Waals surface area contributed by atoms with Crippen molar-refractivity contribution in [3.8, 4) is 28.3 Å². The number of hydrogen-bond donors (Lipinski definition) is 1. The number of pyridine rings is 1. The Balaban J connectivity index is 1.15. The largest absolute Gasteiger partial charge is 0.477 e. The molecule has 4 aromatic heterocycles. The molecule has 266 valence electrons. The van der Waals surface area contributed by atoms with Gasteiger partial charge < -0.3 is 23.4 Å². The summed E-state index contributed by atoms with van der Waals surface area (Å²) in [5.74, 6) is -0.488. The maximum Gasteiger partial charge on any atom is 0.412 e. The molecule has 2 unspecified atom stereocenters. The van der Waals surface area contributed by atoms with Crippen LogP contribution >= 0.6 is 11.3 Å². The summed E-state index contributed by atoms with van der Waals surface area (Å²) in [6.07, 6.45) is 2.75. The molecular formula is C34H42FN7O6SSi. The molecule has 0 aliphatic heterocycles. The van der Waals surface area contributed by atoms with Crippen molar-refractivity contribution < 1.29 is 32.6 Å². The van der Waals surface area contributed by atoms with Gasteiger partial charge in [-0.1, -0.05) is 32.1 Å². The third-order valence-corrected chi connectivity index (χ3v) is 13.6. The predicted molar refractivity (Wildman–Crippen MR) is 192 cm³/mol. The Morgan fingerprint density at radius 2 is 1.66 bits per heavy atom. The number of nitrogens with zero attached hydrogens (tertiary/aromatic N) is 6. The van der Waals surface area contributed by atoms with Crippen molar-refractivity contribution in [2.75, 3.05) is 25.1 Å². The number of aryl methyl sites for hydroxylation is 1. The lowest BCUT2D eigenvalue weighted by atomic mass is 10.1. The Labute approximate surface area is 295 Å². The highest BCUT2D eigenvalue weighted by Crippen LogP contribution is 2.38. The molecular weight excluding hydrogens is 682 g/mol. The van der Waals surface area contributed by atoms with E-state index in [2.05, 4.69) is 69.1 Å². The molecule has 4 heterocycles. The Hall–Kier alpha value is -4.54. The molecule has 0 aliphatic carbocycles. The van der Waals surface area contributed by atoms with E-state index < -0.39 is 26.3 Å². The van der Waals surface area contributed by atoms with Gasteiger partial charge in [0.05, 0.1) is 48.0 Å². The lowest BCUT2D eigenvalue weighted by molar-refractivity contribution is 0.0827. The number of carbonyl (C=O) groups is 1. The highest BCUT2D eigenvalue weighted by Gasteiger charge is 2.38. The molecule has 0 bridgehead atoms. The highest BCUT2D eigenvalue weighted by atomic mass is 32.1. The standard InChI is InChI=1S/C34H42FN7O6SSi/c1-10-44-27-16-36-28-23(11-19(2)12-25(28)40-27)30-41-26-13-24(35)29(42-31(26)49-30)45-17-20(3)47-33(43)39-22-14-37-32(38-15-22)46-18-21(4)48-50(8,9)34(5,6)7/h11-16,20-21H,10,17-18H2,1-9H3,(H,39,43). The number of hydrogen-bond acceptors (Lipinski definition) is 13. The first-order valence-corrected chi connectivity index (χ1v) is 19.9. The minimum absolute atomic E-state index is 0.0856. The van der Waals surface area contributed by atoms with Gasteiger partial charge in [0.1, 0.15) is 34.7 Å². The molecule has 0 saturated heterocycles. The van der Waals surface area contributed by atoms with E-state index in [1.165, 1.54) is 29.8 Å². The second kappa shape index (κ2) is 15.1. The Morgan fingerprint density at radius 3 is 2.36 bits per heavy atom. The van der Waals surface area contributed by atoms with Crippen molar-refractivity contribution in [3.63, 3.8) is 0 Å². The molecule has 1 amide bonds. The number of aromatic nitrogens is 6. The average Bonchev–Trinajstić information content (AvgIpc) is 3.44. The van der Waals surface area contributed by atoms with E-state index in [-0.39, 0.29) is 29.6 Å². The summed E-state index contributed by atoms with van der Waals surface area (Å²) >= 11 is 1.28. The summed E-state index contributed by atoms with van der Waals surface area (Å²) in [5.41, 5.74) is 3.71. The first-order valence-electron chi connectivity index (χ1n) is 16.2. The summed E-state index contributed by atoms with van der Waals surface area (Å²) in [6, 6.07) is 5.30. The molecule has 13 nitrogen and oxygen atoms in total. The molecule has 1 aromatic carbocycles. The number of amides is 1. The number of halogens is 1. The fraction of sp³-hybridized carbons (Fsp3) is 0.441. The normalized spacial score (nSPS) is 13.2. The summed E-state index contributed by atoms with van der Waals surface area (Å²) in [5, 5.41) is 3.26. The van der Waals surface area contributed by atoms with Gasteiger partial charge in [0.25, 0.3) is 5.88 Å². The van der Waals surface area contributed by atoms with Gasteiger partial charge in [0, 0.05) is 11.6 Å². The van der Waals surface area contributed by atoms with E-state index >= 15 is 4.39 Å². The second-order valence-corrected chi connectivity index (χ2v) is 19.1. The fourth-order valence-electron chi connectivity index (χ4n) is 4.59. The maximum atomic E-state index is 15.0. The molecule has 16 heteroatoms. The van der Waals surface area contributed by atoms with Crippen molar-refractivity contribution in [2.45, 2.75) is 78.8 Å². The zero-order valence-corrected chi connectivity index (χ0v) is 31.5. The van der Waals surface area contributed by atoms with Crippen LogP contribution in [0.15, 0.2) is 36.8 Å². The van der Waals surface area contributed by atoms with Gasteiger partial charge in [0.15, 0.2) is 14.1 Å². The number of anilines is 1. The molecule has 0 saturated carbocycles. The van der Waals surface area contributed by atoms with Crippen LogP contribution in [0.25, 0.3) is 32.0 Å². The summed E-state index contributed by atoms with van der Waals surface area (Å²) in [7, 11) is -1.93. The van der Waals surface area contributed by atoms with E-state index in [0.717, 1.165) is 11.1 Å². The molecule has 0 aliphatic rings. The number of thiazole rings is 1. The molecule has 5 aromatic rings. The average molecular weight is 724 g/mol. The first kappa shape index (κ1) is 36.7. The number of nitrogens with one attached hydrogen (secondary N) is 1. The van der Waals surface area contributed by atoms with Gasteiger partial charge in [-0.2, -0.15) is 4.98 Å². The van der Waals surface area contributed by atoms with Crippen molar-refractivity contribution in [1.29, 1.82) is 0 Å². The van der Waals surface area contributed by atoms with Gasteiger partial charge in [0.2, 0.25) is 5.88 Å². The van der Waals surface area contributed by atoms with Gasteiger partial charge in [-0.3, -0.25) is 5.32 Å². The van der Waals surface area contributed by atoms with Crippen LogP contribution in [-0.2, 0) is 9.16 Å². The van der Waals surface area contributed by atoms with Crippen molar-refractivity contribution in [1.82, 2.24) is 29.9 Å². The topological polar surface area (TPSA) is 153 Å². The Kier molecular flexibility index (Phi) is 11.1. The third kappa shape index (κ3) is 8.97. The molecule has 2 atom stereocenters. The van der Waals surface area contributed by atoms with E-state index in [0.29, 0.717) is 51.2 Å². The number of carbonyl (C=O) groups excluding carboxylic acids is 1. The number of fused-ring (bicyclic) bond motifs is 2. The van der Waals surface area contributed by atoms with E-state index in [1.807, 2.05) is 32.9 Å². The summed E-state index contributed by atoms with van der Waals surface area (Å²) in [6.45, 7) is 18.9. The molecule has 0 radical (unpaired) electrons. The van der Waals surface area contributed by atoms with Gasteiger partial charge in [-0.05, 0) is 63.5 Å². The van der Waals surface area contributed by atoms with Gasteiger partial charge in [-0.25, -0.2) is 34.1 Å². The van der Waals surface area contributed by atoms with E-state index in [4.69, 9.17) is 23.4 Å². The van der Waals surface area contributed by atoms with Crippen LogP contribution in [-0.4, -0.2) is 76.3 Å². The zero-order valence-electron chi connectivity index (χ0n) is 29.7. The molecule has 0 fully saturated rings. The fourth-order valence-corrected chi connectivity index (χ4v) is 6.95. The maximum absolute atomic E-state index is 15.0. The van der Waals surface area contributed by atoms with Gasteiger partial charge >= 0.3 is 12.1 Å². The summed E-state index contributed by atoms with van der Waals surface area (Å²) in [4.78, 5) is 39.3. The smallest absolute Gasteiger partial charge is 0.412 e. The van der Waals surface area contributed by atoms with E-state index in [1.54, 1.807) is 13.1 Å². The lowest BCUT2D eigenvalue weighted by Gasteiger charge is -2.38. The second-order valence-electron chi connectivity index (χ2n) is 13.3. The SMILES string of the molecule is CCOc1cnc2c(-c3nc4cc(F)c(OCC(C)OC(=O)Nc5cnc(OCC(C)O[Si](C)(C)C(C)(C)C)nc5)nc4s3)cc(C)cc2n1. The molecule has 0 spiro atoms. The van der Waals surface area contributed by atoms with Crippen molar-refractivity contribution >= 4 is 52.8 Å². The van der Waals surface area contributed by atoms with Gasteiger partial charge in [-0.15, -0.1) is 0 Å².